The zero-order chi connectivity index (χ0) is 15.1. The van der Waals surface area contributed by atoms with Crippen molar-refractivity contribution in [2.45, 2.75) is 6.61 Å². The van der Waals surface area contributed by atoms with Crippen LogP contribution in [0.5, 0.6) is 0 Å². The Kier molecular flexibility index (Phi) is 5.35. The summed E-state index contributed by atoms with van der Waals surface area (Å²) in [7, 11) is 0. The van der Waals surface area contributed by atoms with E-state index in [0.717, 1.165) is 5.56 Å². The van der Waals surface area contributed by atoms with Crippen LogP contribution in [-0.4, -0.2) is 17.8 Å². The van der Waals surface area contributed by atoms with Crippen LogP contribution >= 0.6 is 11.6 Å². The number of hydrogen-bond donors (Lipinski definition) is 1. The highest BCUT2D eigenvalue weighted by Crippen LogP contribution is 2.11. The fraction of sp³-hybridized carbons (Fsp3) is 0.125. The molecule has 0 aliphatic rings. The van der Waals surface area contributed by atoms with Gasteiger partial charge in [0.1, 0.15) is 12.5 Å². The van der Waals surface area contributed by atoms with Gasteiger partial charge in [-0.3, -0.25) is 4.79 Å². The summed E-state index contributed by atoms with van der Waals surface area (Å²) in [6.07, 6.45) is 0. The fourth-order valence-electron chi connectivity index (χ4n) is 1.69. The predicted octanol–water partition coefficient (Wildman–Crippen LogP) is 3.22. The molecule has 1 amide bonds. The summed E-state index contributed by atoms with van der Waals surface area (Å²) in [5, 5.41) is 2.59. The van der Waals surface area contributed by atoms with Crippen LogP contribution in [0, 0.1) is 0 Å². The first-order valence-electron chi connectivity index (χ1n) is 6.36. The highest BCUT2D eigenvalue weighted by Gasteiger charge is 2.08. The smallest absolute Gasteiger partial charge is 0.338 e. The normalized spacial score (nSPS) is 9.95. The van der Waals surface area contributed by atoms with Gasteiger partial charge in [-0.25, -0.2) is 4.79 Å². The van der Waals surface area contributed by atoms with Crippen molar-refractivity contribution in [1.29, 1.82) is 0 Å². The van der Waals surface area contributed by atoms with Crippen molar-refractivity contribution in [2.75, 3.05) is 11.2 Å². The molecule has 5 heteroatoms. The van der Waals surface area contributed by atoms with Crippen molar-refractivity contribution in [3.63, 3.8) is 0 Å². The molecule has 1 N–H and O–H groups in total. The van der Waals surface area contributed by atoms with Crippen molar-refractivity contribution in [2.24, 2.45) is 0 Å². The van der Waals surface area contributed by atoms with Crippen LogP contribution in [0.4, 0.5) is 5.69 Å². The van der Waals surface area contributed by atoms with Crippen LogP contribution in [0.25, 0.3) is 0 Å². The van der Waals surface area contributed by atoms with E-state index in [1.165, 1.54) is 0 Å². The summed E-state index contributed by atoms with van der Waals surface area (Å²) in [6, 6.07) is 15.9. The van der Waals surface area contributed by atoms with E-state index in [1.807, 2.05) is 30.3 Å². The third-order valence-corrected chi connectivity index (χ3v) is 2.98. The first-order chi connectivity index (χ1) is 10.2. The summed E-state index contributed by atoms with van der Waals surface area (Å²) in [5.41, 5.74) is 1.94. The summed E-state index contributed by atoms with van der Waals surface area (Å²) >= 11 is 5.40. The van der Waals surface area contributed by atoms with Crippen LogP contribution < -0.4 is 5.32 Å². The number of carbonyl (C=O) groups is 2. The number of anilines is 1. The lowest BCUT2D eigenvalue weighted by atomic mass is 10.2. The number of hydrogen-bond acceptors (Lipinski definition) is 3. The van der Waals surface area contributed by atoms with Crippen molar-refractivity contribution >= 4 is 29.2 Å². The first-order valence-corrected chi connectivity index (χ1v) is 6.89. The third-order valence-electron chi connectivity index (χ3n) is 2.74. The number of rotatable bonds is 5. The molecule has 21 heavy (non-hydrogen) atoms. The van der Waals surface area contributed by atoms with E-state index in [2.05, 4.69) is 5.32 Å². The molecule has 0 saturated carbocycles. The van der Waals surface area contributed by atoms with Crippen molar-refractivity contribution in [3.05, 3.63) is 65.7 Å². The van der Waals surface area contributed by atoms with Crippen LogP contribution in [0.15, 0.2) is 54.6 Å². The lowest BCUT2D eigenvalue weighted by molar-refractivity contribution is -0.113. The van der Waals surface area contributed by atoms with Crippen LogP contribution in [0.3, 0.4) is 0 Å². The van der Waals surface area contributed by atoms with Crippen LogP contribution in [-0.2, 0) is 16.1 Å². The second-order valence-electron chi connectivity index (χ2n) is 4.32. The monoisotopic (exact) mass is 303 g/mol. The topological polar surface area (TPSA) is 55.4 Å². The van der Waals surface area contributed by atoms with Gasteiger partial charge in [0.15, 0.2) is 0 Å². The Balaban J connectivity index is 1.92. The van der Waals surface area contributed by atoms with Gasteiger partial charge in [0.05, 0.1) is 5.56 Å². The molecule has 2 rings (SSSR count). The lowest BCUT2D eigenvalue weighted by Gasteiger charge is -2.06. The number of carbonyl (C=O) groups excluding carboxylic acids is 2. The molecular weight excluding hydrogens is 290 g/mol. The Morgan fingerprint density at radius 3 is 2.29 bits per heavy atom. The molecule has 108 valence electrons. The minimum absolute atomic E-state index is 0.110. The van der Waals surface area contributed by atoms with Crippen molar-refractivity contribution in [1.82, 2.24) is 0 Å². The van der Waals surface area contributed by atoms with E-state index >= 15 is 0 Å². The molecule has 0 fully saturated rings. The SMILES string of the molecule is O=C(CCl)Nc1ccc(C(=O)OCc2ccccc2)cc1. The predicted molar refractivity (Wildman–Crippen MR) is 81.4 cm³/mol. The van der Waals surface area contributed by atoms with Crippen LogP contribution in [0.1, 0.15) is 15.9 Å². The molecule has 0 bridgehead atoms. The van der Waals surface area contributed by atoms with E-state index in [4.69, 9.17) is 16.3 Å². The zero-order valence-corrected chi connectivity index (χ0v) is 12.0. The lowest BCUT2D eigenvalue weighted by Crippen LogP contribution is -2.12. The highest BCUT2D eigenvalue weighted by molar-refractivity contribution is 6.29. The van der Waals surface area contributed by atoms with E-state index < -0.39 is 5.97 Å². The largest absolute Gasteiger partial charge is 0.457 e. The van der Waals surface area contributed by atoms with Gasteiger partial charge in [-0.05, 0) is 29.8 Å². The number of alkyl halides is 1. The molecule has 0 spiro atoms. The Bertz CT molecular complexity index is 611. The van der Waals surface area contributed by atoms with Gasteiger partial charge in [0, 0.05) is 5.69 Å². The second-order valence-corrected chi connectivity index (χ2v) is 4.59. The minimum Gasteiger partial charge on any atom is -0.457 e. The number of esters is 1. The molecule has 0 aromatic heterocycles. The zero-order valence-electron chi connectivity index (χ0n) is 11.2. The van der Waals surface area contributed by atoms with Gasteiger partial charge in [-0.1, -0.05) is 30.3 Å². The Hall–Kier alpha value is -2.33. The van der Waals surface area contributed by atoms with Gasteiger partial charge >= 0.3 is 5.97 Å². The summed E-state index contributed by atoms with van der Waals surface area (Å²) in [4.78, 5) is 23.0. The number of halogens is 1. The number of ether oxygens (including phenoxy) is 1. The Labute approximate surface area is 127 Å². The van der Waals surface area contributed by atoms with Gasteiger partial charge < -0.3 is 10.1 Å². The first kappa shape index (κ1) is 15.1. The standard InChI is InChI=1S/C16H14ClNO3/c17-10-15(19)18-14-8-6-13(7-9-14)16(20)21-11-12-4-2-1-3-5-12/h1-9H,10-11H2,(H,18,19). The molecule has 0 saturated heterocycles. The van der Waals surface area contributed by atoms with E-state index in [9.17, 15) is 9.59 Å². The van der Waals surface area contributed by atoms with Gasteiger partial charge in [-0.2, -0.15) is 0 Å². The average Bonchev–Trinajstić information content (AvgIpc) is 2.54. The van der Waals surface area contributed by atoms with E-state index in [0.29, 0.717) is 11.3 Å². The number of nitrogens with one attached hydrogen (secondary N) is 1. The maximum absolute atomic E-state index is 11.9. The average molecular weight is 304 g/mol. The van der Waals surface area contributed by atoms with Gasteiger partial charge in [-0.15, -0.1) is 11.6 Å². The quantitative estimate of drug-likeness (QED) is 0.681. The molecule has 2 aromatic rings. The third kappa shape index (κ3) is 4.61. The maximum Gasteiger partial charge on any atom is 0.338 e. The highest BCUT2D eigenvalue weighted by atomic mass is 35.5. The molecule has 0 unspecified atom stereocenters. The minimum atomic E-state index is -0.408. The molecule has 2 aromatic carbocycles. The molecule has 0 radical (unpaired) electrons. The summed E-state index contributed by atoms with van der Waals surface area (Å²) < 4.78 is 5.21. The molecular formula is C16H14ClNO3. The van der Waals surface area contributed by atoms with Crippen molar-refractivity contribution < 1.29 is 14.3 Å². The van der Waals surface area contributed by atoms with E-state index in [-0.39, 0.29) is 18.4 Å². The molecule has 0 atom stereocenters. The Morgan fingerprint density at radius 1 is 1.00 bits per heavy atom. The fourth-order valence-corrected chi connectivity index (χ4v) is 1.76. The number of amides is 1. The Morgan fingerprint density at radius 2 is 1.67 bits per heavy atom. The summed E-state index contributed by atoms with van der Waals surface area (Å²) in [5.74, 6) is -0.814. The van der Waals surface area contributed by atoms with Crippen LogP contribution in [0.2, 0.25) is 0 Å². The van der Waals surface area contributed by atoms with Crippen molar-refractivity contribution in [3.8, 4) is 0 Å². The van der Waals surface area contributed by atoms with Gasteiger partial charge in [0.25, 0.3) is 0 Å². The number of benzene rings is 2. The molecule has 0 aliphatic heterocycles. The molecule has 0 heterocycles. The second kappa shape index (κ2) is 7.45. The van der Waals surface area contributed by atoms with Gasteiger partial charge in [0.2, 0.25) is 5.91 Å². The molecule has 4 nitrogen and oxygen atoms in total. The van der Waals surface area contributed by atoms with E-state index in [1.54, 1.807) is 24.3 Å². The maximum atomic E-state index is 11.9. The summed E-state index contributed by atoms with van der Waals surface area (Å²) in [6.45, 7) is 0.227. The molecule has 0 aliphatic carbocycles.